The number of rotatable bonds is 5. The van der Waals surface area contributed by atoms with Crippen LogP contribution < -0.4 is 10.6 Å². The van der Waals surface area contributed by atoms with Crippen LogP contribution >= 0.6 is 11.8 Å². The molecule has 3 heterocycles. The normalized spacial score (nSPS) is 20.8. The Bertz CT molecular complexity index is 1230. The third kappa shape index (κ3) is 3.44. The summed E-state index contributed by atoms with van der Waals surface area (Å²) in [7, 11) is 0. The van der Waals surface area contributed by atoms with Gasteiger partial charge in [-0.1, -0.05) is 18.2 Å². The van der Waals surface area contributed by atoms with Crippen molar-refractivity contribution in [2.75, 3.05) is 11.9 Å². The van der Waals surface area contributed by atoms with Gasteiger partial charge in [-0.2, -0.15) is 0 Å². The fraction of sp³-hybridized carbons (Fsp3) is 0.292. The first-order valence-electron chi connectivity index (χ1n) is 10.6. The fourth-order valence-corrected chi connectivity index (χ4v) is 6.14. The minimum atomic E-state index is -0.601. The molecule has 1 aromatic heterocycles. The molecule has 2 aliphatic rings. The molecule has 1 saturated heterocycles. The summed E-state index contributed by atoms with van der Waals surface area (Å²) in [6.07, 6.45) is 2.00. The first kappa shape index (κ1) is 20.6. The van der Waals surface area contributed by atoms with Crippen molar-refractivity contribution in [3.63, 3.8) is 0 Å². The van der Waals surface area contributed by atoms with E-state index in [0.717, 1.165) is 16.5 Å². The van der Waals surface area contributed by atoms with Crippen molar-refractivity contribution in [1.82, 2.24) is 15.2 Å². The molecule has 7 nitrogen and oxygen atoms in total. The number of anilines is 1. The number of nitrogens with zero attached hydrogens (tertiary/aromatic N) is 1. The van der Waals surface area contributed by atoms with E-state index in [4.69, 9.17) is 0 Å². The number of hydrogen-bond donors (Lipinski definition) is 3. The number of hydrogen-bond acceptors (Lipinski definition) is 4. The Balaban J connectivity index is 1.21. The molecule has 0 bridgehead atoms. The summed E-state index contributed by atoms with van der Waals surface area (Å²) < 4.78 is -0.438. The third-order valence-electron chi connectivity index (χ3n) is 6.03. The van der Waals surface area contributed by atoms with Gasteiger partial charge < -0.3 is 20.5 Å². The highest BCUT2D eigenvalue weighted by molar-refractivity contribution is 8.01. The minimum Gasteiger partial charge on any atom is -0.361 e. The monoisotopic (exact) mass is 448 g/mol. The molecule has 0 saturated carbocycles. The van der Waals surface area contributed by atoms with Gasteiger partial charge in [0.2, 0.25) is 11.8 Å². The summed E-state index contributed by atoms with van der Waals surface area (Å²) in [5.41, 5.74) is 3.34. The maximum Gasteiger partial charge on any atom is 0.256 e. The van der Waals surface area contributed by atoms with E-state index in [1.165, 1.54) is 0 Å². The van der Waals surface area contributed by atoms with Crippen molar-refractivity contribution in [2.45, 2.75) is 36.4 Å². The first-order valence-corrected chi connectivity index (χ1v) is 11.5. The number of nitrogens with one attached hydrogen (secondary N) is 3. The number of benzene rings is 2. The molecule has 0 aliphatic carbocycles. The van der Waals surface area contributed by atoms with Gasteiger partial charge in [-0.05, 0) is 49.7 Å². The Morgan fingerprint density at radius 3 is 2.81 bits per heavy atom. The molecule has 32 heavy (non-hydrogen) atoms. The number of H-pyrrole nitrogens is 1. The van der Waals surface area contributed by atoms with Crippen LogP contribution in [0.4, 0.5) is 5.69 Å². The van der Waals surface area contributed by atoms with E-state index < -0.39 is 10.8 Å². The van der Waals surface area contributed by atoms with E-state index in [2.05, 4.69) is 15.6 Å². The van der Waals surface area contributed by atoms with Crippen molar-refractivity contribution in [1.29, 1.82) is 0 Å². The molecular formula is C24H24N4O3S. The molecule has 8 heteroatoms. The summed E-state index contributed by atoms with van der Waals surface area (Å²) >= 11 is 1.63. The van der Waals surface area contributed by atoms with E-state index in [0.29, 0.717) is 11.3 Å². The van der Waals surface area contributed by atoms with Gasteiger partial charge in [0, 0.05) is 46.1 Å². The van der Waals surface area contributed by atoms with Crippen molar-refractivity contribution in [3.05, 3.63) is 65.9 Å². The second kappa shape index (κ2) is 7.70. The summed E-state index contributed by atoms with van der Waals surface area (Å²) in [4.78, 5) is 43.3. The van der Waals surface area contributed by atoms with Gasteiger partial charge in [-0.25, -0.2) is 0 Å². The van der Waals surface area contributed by atoms with Gasteiger partial charge in [0.25, 0.3) is 5.91 Å². The van der Waals surface area contributed by atoms with Crippen LogP contribution in [0, 0.1) is 0 Å². The Morgan fingerprint density at radius 2 is 1.97 bits per heavy atom. The molecule has 2 aliphatic heterocycles. The number of carbonyl (C=O) groups excluding carboxylic acids is 3. The number of carbonyl (C=O) groups is 3. The Kier molecular flexibility index (Phi) is 4.97. The standard InChI is InChI=1S/C24H24N4O3S/c1-24(2)20(28-22(31)16-5-3-4-6-17(16)23(28)32-24)21(30)26-12-10-19(29)27-15-7-8-18-14(13-15)9-11-25-18/h3-9,11,13,20,23,25H,10,12H2,1-2H3,(H,26,30)(H,27,29)/t20-,23+/m1/s1. The summed E-state index contributed by atoms with van der Waals surface area (Å²) in [5, 5.41) is 6.60. The fourth-order valence-electron chi connectivity index (χ4n) is 4.56. The summed E-state index contributed by atoms with van der Waals surface area (Å²) in [6, 6.07) is 14.5. The largest absolute Gasteiger partial charge is 0.361 e. The zero-order valence-corrected chi connectivity index (χ0v) is 18.7. The van der Waals surface area contributed by atoms with Gasteiger partial charge in [-0.15, -0.1) is 11.8 Å². The number of fused-ring (bicyclic) bond motifs is 4. The number of aromatic amines is 1. The Morgan fingerprint density at radius 1 is 1.16 bits per heavy atom. The average Bonchev–Trinajstić information content (AvgIpc) is 3.40. The summed E-state index contributed by atoms with van der Waals surface area (Å²) in [6.45, 7) is 4.17. The highest BCUT2D eigenvalue weighted by atomic mass is 32.2. The Labute approximate surface area is 189 Å². The minimum absolute atomic E-state index is 0.110. The first-order chi connectivity index (χ1) is 15.3. The van der Waals surface area contributed by atoms with E-state index >= 15 is 0 Å². The molecule has 3 aromatic rings. The molecule has 0 spiro atoms. The van der Waals surface area contributed by atoms with E-state index in [9.17, 15) is 14.4 Å². The van der Waals surface area contributed by atoms with Gasteiger partial charge in [0.1, 0.15) is 11.4 Å². The SMILES string of the molecule is CC1(C)S[C@H]2c3ccccc3C(=O)N2[C@@H]1C(=O)NCCC(=O)Nc1ccc2[nH]ccc2c1. The topological polar surface area (TPSA) is 94.3 Å². The van der Waals surface area contributed by atoms with Crippen molar-refractivity contribution >= 4 is 46.1 Å². The van der Waals surface area contributed by atoms with Crippen LogP contribution in [-0.4, -0.2) is 44.9 Å². The molecular weight excluding hydrogens is 424 g/mol. The molecule has 164 valence electrons. The highest BCUT2D eigenvalue weighted by Crippen LogP contribution is 2.56. The van der Waals surface area contributed by atoms with Crippen LogP contribution in [0.3, 0.4) is 0 Å². The summed E-state index contributed by atoms with van der Waals surface area (Å²) in [5.74, 6) is -0.516. The van der Waals surface area contributed by atoms with Gasteiger partial charge >= 0.3 is 0 Å². The Hall–Kier alpha value is -3.26. The van der Waals surface area contributed by atoms with E-state index in [-0.39, 0.29) is 36.1 Å². The average molecular weight is 449 g/mol. The molecule has 0 radical (unpaired) electrons. The molecule has 5 rings (SSSR count). The van der Waals surface area contributed by atoms with Crippen LogP contribution in [-0.2, 0) is 9.59 Å². The van der Waals surface area contributed by atoms with Crippen molar-refractivity contribution in [2.24, 2.45) is 0 Å². The number of aromatic nitrogens is 1. The van der Waals surface area contributed by atoms with Crippen LogP contribution in [0.5, 0.6) is 0 Å². The lowest BCUT2D eigenvalue weighted by atomic mass is 10.0. The van der Waals surface area contributed by atoms with Gasteiger partial charge in [-0.3, -0.25) is 14.4 Å². The molecule has 2 atom stereocenters. The van der Waals surface area contributed by atoms with Crippen LogP contribution in [0.2, 0.25) is 0 Å². The predicted octanol–water partition coefficient (Wildman–Crippen LogP) is 3.66. The molecule has 3 amide bonds. The lowest BCUT2D eigenvalue weighted by molar-refractivity contribution is -0.126. The lowest BCUT2D eigenvalue weighted by Crippen LogP contribution is -2.52. The molecule has 2 aromatic carbocycles. The number of amides is 3. The maximum absolute atomic E-state index is 13.1. The quantitative estimate of drug-likeness (QED) is 0.555. The van der Waals surface area contributed by atoms with Gasteiger partial charge in [0.05, 0.1) is 0 Å². The lowest BCUT2D eigenvalue weighted by Gasteiger charge is -2.29. The smallest absolute Gasteiger partial charge is 0.256 e. The molecule has 0 unspecified atom stereocenters. The van der Waals surface area contributed by atoms with E-state index in [1.54, 1.807) is 16.7 Å². The predicted molar refractivity (Wildman–Crippen MR) is 125 cm³/mol. The number of thioether (sulfide) groups is 1. The van der Waals surface area contributed by atoms with Crippen LogP contribution in [0.15, 0.2) is 54.7 Å². The maximum atomic E-state index is 13.1. The van der Waals surface area contributed by atoms with Crippen molar-refractivity contribution in [3.8, 4) is 0 Å². The second-order valence-corrected chi connectivity index (χ2v) is 10.4. The third-order valence-corrected chi connectivity index (χ3v) is 7.57. The van der Waals surface area contributed by atoms with Crippen LogP contribution in [0.1, 0.15) is 41.6 Å². The van der Waals surface area contributed by atoms with E-state index in [1.807, 2.05) is 68.6 Å². The van der Waals surface area contributed by atoms with Gasteiger partial charge in [0.15, 0.2) is 0 Å². The molecule has 3 N–H and O–H groups in total. The second-order valence-electron chi connectivity index (χ2n) is 8.64. The zero-order valence-electron chi connectivity index (χ0n) is 17.8. The highest BCUT2D eigenvalue weighted by Gasteiger charge is 2.57. The molecule has 1 fully saturated rings. The van der Waals surface area contributed by atoms with Crippen molar-refractivity contribution < 1.29 is 14.4 Å². The zero-order chi connectivity index (χ0) is 22.5. The van der Waals surface area contributed by atoms with Crippen LogP contribution in [0.25, 0.3) is 10.9 Å².